The van der Waals surface area contributed by atoms with Crippen molar-refractivity contribution in [2.24, 2.45) is 5.92 Å². The van der Waals surface area contributed by atoms with E-state index in [1.165, 1.54) is 0 Å². The fraction of sp³-hybridized carbons (Fsp3) is 0.357. The summed E-state index contributed by atoms with van der Waals surface area (Å²) in [6, 6.07) is 10.9. The van der Waals surface area contributed by atoms with Crippen molar-refractivity contribution in [2.75, 3.05) is 26.7 Å². The fourth-order valence-electron chi connectivity index (χ4n) is 4.13. The fourth-order valence-corrected chi connectivity index (χ4v) is 4.13. The molecule has 0 aromatic carbocycles. The predicted molar refractivity (Wildman–Crippen MR) is 136 cm³/mol. The molecule has 4 heterocycles. The summed E-state index contributed by atoms with van der Waals surface area (Å²) in [6.45, 7) is 5.61. The molecule has 0 saturated carbocycles. The molecule has 1 aliphatic heterocycles. The van der Waals surface area contributed by atoms with Crippen LogP contribution in [0.5, 0.6) is 5.88 Å². The minimum atomic E-state index is -0.343. The van der Waals surface area contributed by atoms with Gasteiger partial charge < -0.3 is 14.7 Å². The zero-order chi connectivity index (χ0) is 25.5. The van der Waals surface area contributed by atoms with Gasteiger partial charge in [-0.3, -0.25) is 14.7 Å². The summed E-state index contributed by atoms with van der Waals surface area (Å²) in [5.41, 5.74) is 2.73. The van der Waals surface area contributed by atoms with Crippen molar-refractivity contribution in [3.63, 3.8) is 0 Å². The molecule has 1 amide bonds. The monoisotopic (exact) mass is 485 g/mol. The molecule has 1 aliphatic rings. The number of hydrogen-bond acceptors (Lipinski definition) is 7. The van der Waals surface area contributed by atoms with Crippen molar-refractivity contribution in [3.05, 3.63) is 83.6 Å². The minimum absolute atomic E-state index is 0.0152. The number of aliphatic hydroxyl groups excluding tert-OH is 1. The molecule has 4 rings (SSSR count). The van der Waals surface area contributed by atoms with Gasteiger partial charge in [-0.05, 0) is 55.8 Å². The van der Waals surface area contributed by atoms with Gasteiger partial charge in [-0.1, -0.05) is 18.9 Å². The maximum Gasteiger partial charge on any atom is 0.259 e. The Hall–Kier alpha value is -3.80. The number of fused-ring (bicyclic) bond motifs is 1. The molecule has 0 bridgehead atoms. The number of ether oxygens (including phenoxy) is 1. The standard InChI is InChI=1S/C28H31N5O3/c1-20-16-33(21(2)19-34)28(35)25-14-23(7-8-24-6-4-5-11-30-24)15-31-27(25)36-26(20)18-32(3)17-22-9-12-29-13-10-22/h4-6,9-15,20-21,26,34H,16-19H2,1-3H3/t20-,21+,26-/m0/s1. The van der Waals surface area contributed by atoms with E-state index in [0.717, 1.165) is 12.1 Å². The zero-order valence-electron chi connectivity index (χ0n) is 20.8. The Morgan fingerprint density at radius 2 is 2.00 bits per heavy atom. The summed E-state index contributed by atoms with van der Waals surface area (Å²) in [5.74, 6) is 6.12. The first-order chi connectivity index (χ1) is 17.4. The Morgan fingerprint density at radius 3 is 2.72 bits per heavy atom. The lowest BCUT2D eigenvalue weighted by Crippen LogP contribution is -2.49. The van der Waals surface area contributed by atoms with Gasteiger partial charge in [-0.2, -0.15) is 0 Å². The second kappa shape index (κ2) is 11.8. The third-order valence-corrected chi connectivity index (χ3v) is 6.21. The summed E-state index contributed by atoms with van der Waals surface area (Å²) in [7, 11) is 2.04. The Morgan fingerprint density at radius 1 is 1.19 bits per heavy atom. The highest BCUT2D eigenvalue weighted by molar-refractivity contribution is 5.97. The number of pyridine rings is 3. The molecule has 8 heteroatoms. The molecule has 0 aliphatic carbocycles. The van der Waals surface area contributed by atoms with Gasteiger partial charge in [0.25, 0.3) is 5.91 Å². The summed E-state index contributed by atoms with van der Waals surface area (Å²) < 4.78 is 6.37. The van der Waals surface area contributed by atoms with Crippen LogP contribution in [0.15, 0.2) is 61.2 Å². The molecule has 3 aromatic rings. The third-order valence-electron chi connectivity index (χ3n) is 6.21. The second-order valence-corrected chi connectivity index (χ2v) is 9.22. The third kappa shape index (κ3) is 6.25. The maximum atomic E-state index is 13.5. The van der Waals surface area contributed by atoms with E-state index >= 15 is 0 Å². The molecule has 0 spiro atoms. The molecule has 1 N–H and O–H groups in total. The van der Waals surface area contributed by atoms with Crippen molar-refractivity contribution in [1.29, 1.82) is 0 Å². The van der Waals surface area contributed by atoms with Crippen molar-refractivity contribution in [1.82, 2.24) is 24.8 Å². The van der Waals surface area contributed by atoms with Crippen molar-refractivity contribution < 1.29 is 14.6 Å². The largest absolute Gasteiger partial charge is 0.472 e. The van der Waals surface area contributed by atoms with E-state index in [2.05, 4.69) is 38.6 Å². The molecule has 0 unspecified atom stereocenters. The van der Waals surface area contributed by atoms with Gasteiger partial charge in [0.15, 0.2) is 0 Å². The van der Waals surface area contributed by atoms with E-state index in [1.807, 2.05) is 44.3 Å². The van der Waals surface area contributed by atoms with Crippen LogP contribution in [-0.4, -0.2) is 74.7 Å². The zero-order valence-corrected chi connectivity index (χ0v) is 20.8. The number of nitrogens with zero attached hydrogens (tertiary/aromatic N) is 5. The molecule has 3 aromatic heterocycles. The van der Waals surface area contributed by atoms with Crippen LogP contribution in [0.4, 0.5) is 0 Å². The van der Waals surface area contributed by atoms with Crippen LogP contribution in [-0.2, 0) is 6.54 Å². The van der Waals surface area contributed by atoms with E-state index in [9.17, 15) is 9.90 Å². The normalized spacial score (nSPS) is 18.4. The summed E-state index contributed by atoms with van der Waals surface area (Å²) in [5, 5.41) is 9.86. The number of likely N-dealkylation sites (N-methyl/N-ethyl adjacent to an activating group) is 1. The lowest BCUT2D eigenvalue weighted by molar-refractivity contribution is 0.0325. The topological polar surface area (TPSA) is 91.7 Å². The lowest BCUT2D eigenvalue weighted by atomic mass is 9.99. The van der Waals surface area contributed by atoms with Gasteiger partial charge in [0.2, 0.25) is 5.88 Å². The highest BCUT2D eigenvalue weighted by atomic mass is 16.5. The predicted octanol–water partition coefficient (Wildman–Crippen LogP) is 2.62. The average molecular weight is 486 g/mol. The highest BCUT2D eigenvalue weighted by Crippen LogP contribution is 2.27. The quantitative estimate of drug-likeness (QED) is 0.537. The van der Waals surface area contributed by atoms with Gasteiger partial charge in [0, 0.05) is 55.9 Å². The molecular weight excluding hydrogens is 454 g/mol. The molecule has 0 radical (unpaired) electrons. The second-order valence-electron chi connectivity index (χ2n) is 9.22. The number of aromatic nitrogens is 3. The number of carbonyl (C=O) groups excluding carboxylic acids is 1. The Bertz CT molecular complexity index is 1230. The summed E-state index contributed by atoms with van der Waals surface area (Å²) in [4.78, 5) is 30.2. The maximum absolute atomic E-state index is 13.5. The van der Waals surface area contributed by atoms with Crippen LogP contribution in [0.3, 0.4) is 0 Å². The Labute approximate surface area is 212 Å². The smallest absolute Gasteiger partial charge is 0.259 e. The highest BCUT2D eigenvalue weighted by Gasteiger charge is 2.34. The van der Waals surface area contributed by atoms with Crippen molar-refractivity contribution in [3.8, 4) is 17.7 Å². The van der Waals surface area contributed by atoms with Crippen LogP contribution in [0, 0.1) is 17.8 Å². The molecule has 186 valence electrons. The number of carbonyl (C=O) groups is 1. The first kappa shape index (κ1) is 25.3. The molecule has 36 heavy (non-hydrogen) atoms. The lowest BCUT2D eigenvalue weighted by Gasteiger charge is -2.37. The van der Waals surface area contributed by atoms with Gasteiger partial charge in [0.1, 0.15) is 17.4 Å². The number of aliphatic hydroxyl groups is 1. The van der Waals surface area contributed by atoms with E-state index in [4.69, 9.17) is 4.74 Å². The molecular formula is C28H31N5O3. The van der Waals surface area contributed by atoms with Gasteiger partial charge in [0.05, 0.1) is 12.6 Å². The van der Waals surface area contributed by atoms with Gasteiger partial charge >= 0.3 is 0 Å². The Balaban J connectivity index is 1.63. The number of amides is 1. The first-order valence-electron chi connectivity index (χ1n) is 12.0. The number of rotatable bonds is 6. The van der Waals surface area contributed by atoms with Crippen LogP contribution in [0.25, 0.3) is 0 Å². The van der Waals surface area contributed by atoms with Gasteiger partial charge in [-0.15, -0.1) is 0 Å². The molecule has 3 atom stereocenters. The van der Waals surface area contributed by atoms with E-state index in [-0.39, 0.29) is 36.5 Å². The van der Waals surface area contributed by atoms with Gasteiger partial charge in [-0.25, -0.2) is 9.97 Å². The van der Waals surface area contributed by atoms with Crippen LogP contribution in [0.1, 0.15) is 41.0 Å². The Kier molecular flexibility index (Phi) is 8.26. The van der Waals surface area contributed by atoms with Crippen LogP contribution >= 0.6 is 0 Å². The average Bonchev–Trinajstić information content (AvgIpc) is 2.90. The minimum Gasteiger partial charge on any atom is -0.472 e. The SMILES string of the molecule is C[C@H](CO)N1C[C@H](C)[C@H](CN(C)Cc2ccncc2)Oc2ncc(C#Cc3ccccn3)cc2C1=O. The van der Waals surface area contributed by atoms with Crippen molar-refractivity contribution in [2.45, 2.75) is 32.5 Å². The molecule has 0 fully saturated rings. The van der Waals surface area contributed by atoms with E-state index in [1.54, 1.807) is 35.8 Å². The number of hydrogen-bond donors (Lipinski definition) is 1. The molecule has 8 nitrogen and oxygen atoms in total. The summed E-state index contributed by atoms with van der Waals surface area (Å²) >= 11 is 0. The van der Waals surface area contributed by atoms with E-state index < -0.39 is 0 Å². The van der Waals surface area contributed by atoms with E-state index in [0.29, 0.717) is 29.9 Å². The summed E-state index contributed by atoms with van der Waals surface area (Å²) in [6.07, 6.45) is 6.65. The first-order valence-corrected chi connectivity index (χ1v) is 12.0. The van der Waals surface area contributed by atoms with Crippen LogP contribution < -0.4 is 4.74 Å². The van der Waals surface area contributed by atoms with Crippen molar-refractivity contribution >= 4 is 5.91 Å². The van der Waals surface area contributed by atoms with Crippen LogP contribution in [0.2, 0.25) is 0 Å². The molecule has 0 saturated heterocycles.